The minimum Gasteiger partial charge on any atom is -0.309 e. The third-order valence-corrected chi connectivity index (χ3v) is 7.08. The molecule has 1 nitrogen and oxygen atoms in total. The Morgan fingerprint density at radius 1 is 0.324 bits per heavy atom. The Morgan fingerprint density at radius 2 is 0.588 bits per heavy atom. The molecule has 0 aliphatic heterocycles. The second kappa shape index (κ2) is 8.04. The molecule has 0 fully saturated rings. The topological polar surface area (TPSA) is 3.24 Å². The van der Waals surface area contributed by atoms with Gasteiger partial charge in [-0.25, -0.2) is 0 Å². The van der Waals surface area contributed by atoms with Gasteiger partial charge in [-0.15, -0.1) is 0 Å². The molecule has 0 aromatic heterocycles. The summed E-state index contributed by atoms with van der Waals surface area (Å²) in [6.07, 6.45) is 0. The summed E-state index contributed by atoms with van der Waals surface area (Å²) in [6, 6.07) is 39.8. The van der Waals surface area contributed by atoms with Crippen molar-refractivity contribution >= 4 is 49.4 Å². The lowest BCUT2D eigenvalue weighted by molar-refractivity contribution is 1.31. The number of hydrogen-bond donors (Lipinski definition) is 0. The first kappa shape index (κ1) is 20.5. The van der Waals surface area contributed by atoms with Crippen molar-refractivity contribution in [2.45, 2.75) is 20.8 Å². The van der Waals surface area contributed by atoms with Crippen LogP contribution in [0.4, 0.5) is 17.1 Å². The standard InChI is InChI=1S/C33H27N/c1-22-16-19-31(28-13-7-4-10-25(22)28)34(32-20-17-23(2)26-11-5-8-14-29(26)32)33-21-18-24(3)27-12-6-9-15-30(27)33/h4-21H,1-3H3. The lowest BCUT2D eigenvalue weighted by Crippen LogP contribution is -2.12. The predicted molar refractivity (Wildman–Crippen MR) is 148 cm³/mol. The maximum atomic E-state index is 2.46. The van der Waals surface area contributed by atoms with Crippen molar-refractivity contribution in [1.29, 1.82) is 0 Å². The van der Waals surface area contributed by atoms with Crippen molar-refractivity contribution in [2.75, 3.05) is 4.90 Å². The van der Waals surface area contributed by atoms with E-state index in [-0.39, 0.29) is 0 Å². The third-order valence-electron chi connectivity index (χ3n) is 7.08. The monoisotopic (exact) mass is 437 g/mol. The van der Waals surface area contributed by atoms with Gasteiger partial charge in [-0.05, 0) is 71.8 Å². The van der Waals surface area contributed by atoms with Crippen LogP contribution in [0, 0.1) is 20.8 Å². The third kappa shape index (κ3) is 3.16. The smallest absolute Gasteiger partial charge is 0.0540 e. The van der Waals surface area contributed by atoms with E-state index in [1.807, 2.05) is 0 Å². The molecule has 6 aromatic rings. The normalized spacial score (nSPS) is 11.4. The first-order valence-electron chi connectivity index (χ1n) is 11.9. The SMILES string of the molecule is Cc1ccc(N(c2ccc(C)c3ccccc23)c2ccc(C)c3ccccc23)c2ccccc12. The average molecular weight is 438 g/mol. The molecular formula is C33H27N. The van der Waals surface area contributed by atoms with E-state index in [1.54, 1.807) is 0 Å². The molecule has 164 valence electrons. The van der Waals surface area contributed by atoms with Gasteiger partial charge >= 0.3 is 0 Å². The number of benzene rings is 6. The van der Waals surface area contributed by atoms with Gasteiger partial charge < -0.3 is 4.90 Å². The highest BCUT2D eigenvalue weighted by atomic mass is 15.1. The van der Waals surface area contributed by atoms with Crippen LogP contribution in [-0.2, 0) is 0 Å². The van der Waals surface area contributed by atoms with Crippen LogP contribution >= 0.6 is 0 Å². The van der Waals surface area contributed by atoms with E-state index in [0.29, 0.717) is 0 Å². The quantitative estimate of drug-likeness (QED) is 0.266. The maximum Gasteiger partial charge on any atom is 0.0540 e. The van der Waals surface area contributed by atoms with E-state index in [0.717, 1.165) is 0 Å². The van der Waals surface area contributed by atoms with Crippen LogP contribution in [0.15, 0.2) is 109 Å². The number of anilines is 3. The van der Waals surface area contributed by atoms with Crippen LogP contribution in [0.2, 0.25) is 0 Å². The molecule has 0 bridgehead atoms. The highest BCUT2D eigenvalue weighted by Gasteiger charge is 2.20. The van der Waals surface area contributed by atoms with E-state index in [2.05, 4.69) is 135 Å². The summed E-state index contributed by atoms with van der Waals surface area (Å²) in [5.74, 6) is 0. The average Bonchev–Trinajstić information content (AvgIpc) is 2.88. The Labute approximate surface area is 200 Å². The summed E-state index contributed by atoms with van der Waals surface area (Å²) in [4.78, 5) is 2.46. The van der Waals surface area contributed by atoms with E-state index in [4.69, 9.17) is 0 Å². The number of nitrogens with zero attached hydrogens (tertiary/aromatic N) is 1. The molecule has 0 amide bonds. The maximum absolute atomic E-state index is 2.46. The predicted octanol–water partition coefficient (Wildman–Crippen LogP) is 9.54. The van der Waals surface area contributed by atoms with Gasteiger partial charge in [0.2, 0.25) is 0 Å². The number of hydrogen-bond acceptors (Lipinski definition) is 1. The van der Waals surface area contributed by atoms with Gasteiger partial charge in [0, 0.05) is 16.2 Å². The Kier molecular flexibility index (Phi) is 4.85. The van der Waals surface area contributed by atoms with Crippen LogP contribution in [0.1, 0.15) is 16.7 Å². The fourth-order valence-electron chi connectivity index (χ4n) is 5.28. The largest absolute Gasteiger partial charge is 0.309 e. The minimum atomic E-state index is 1.20. The van der Waals surface area contributed by atoms with Crippen LogP contribution in [0.3, 0.4) is 0 Å². The van der Waals surface area contributed by atoms with Crippen molar-refractivity contribution in [3.63, 3.8) is 0 Å². The molecule has 0 atom stereocenters. The first-order chi connectivity index (χ1) is 16.6. The molecule has 0 saturated carbocycles. The van der Waals surface area contributed by atoms with Gasteiger partial charge in [0.1, 0.15) is 0 Å². The minimum absolute atomic E-state index is 1.20. The molecule has 6 rings (SSSR count). The fourth-order valence-corrected chi connectivity index (χ4v) is 5.28. The Balaban J connectivity index is 1.77. The van der Waals surface area contributed by atoms with Crippen LogP contribution < -0.4 is 4.90 Å². The number of rotatable bonds is 3. The summed E-state index contributed by atoms with van der Waals surface area (Å²) in [5, 5.41) is 7.65. The van der Waals surface area contributed by atoms with Crippen LogP contribution in [0.5, 0.6) is 0 Å². The molecule has 0 N–H and O–H groups in total. The van der Waals surface area contributed by atoms with Crippen molar-refractivity contribution in [2.24, 2.45) is 0 Å². The zero-order chi connectivity index (χ0) is 23.2. The van der Waals surface area contributed by atoms with Crippen molar-refractivity contribution in [1.82, 2.24) is 0 Å². The Morgan fingerprint density at radius 3 is 0.882 bits per heavy atom. The lowest BCUT2D eigenvalue weighted by atomic mass is 9.97. The van der Waals surface area contributed by atoms with Gasteiger partial charge in [-0.3, -0.25) is 0 Å². The molecule has 6 aromatic carbocycles. The molecule has 0 aliphatic carbocycles. The summed E-state index contributed by atoms with van der Waals surface area (Å²) >= 11 is 0. The van der Waals surface area contributed by atoms with Crippen LogP contribution in [0.25, 0.3) is 32.3 Å². The van der Waals surface area contributed by atoms with E-state index in [9.17, 15) is 0 Å². The summed E-state index contributed by atoms with van der Waals surface area (Å²) in [7, 11) is 0. The van der Waals surface area contributed by atoms with Crippen molar-refractivity contribution < 1.29 is 0 Å². The Hall–Kier alpha value is -4.10. The molecule has 0 unspecified atom stereocenters. The second-order valence-electron chi connectivity index (χ2n) is 9.18. The molecule has 0 spiro atoms. The zero-order valence-electron chi connectivity index (χ0n) is 19.8. The lowest BCUT2D eigenvalue weighted by Gasteiger charge is -2.30. The molecule has 0 aliphatic rings. The zero-order valence-corrected chi connectivity index (χ0v) is 19.8. The summed E-state index contributed by atoms with van der Waals surface area (Å²) in [6.45, 7) is 6.58. The van der Waals surface area contributed by atoms with Gasteiger partial charge in [0.25, 0.3) is 0 Å². The summed E-state index contributed by atoms with van der Waals surface area (Å²) in [5.41, 5.74) is 7.48. The van der Waals surface area contributed by atoms with Gasteiger partial charge in [0.05, 0.1) is 17.1 Å². The number of aryl methyl sites for hydroxylation is 3. The molecule has 0 saturated heterocycles. The second-order valence-corrected chi connectivity index (χ2v) is 9.18. The molecule has 1 heteroatoms. The first-order valence-corrected chi connectivity index (χ1v) is 11.9. The van der Waals surface area contributed by atoms with Crippen molar-refractivity contribution in [3.8, 4) is 0 Å². The number of fused-ring (bicyclic) bond motifs is 3. The van der Waals surface area contributed by atoms with E-state index < -0.39 is 0 Å². The molecule has 0 heterocycles. The van der Waals surface area contributed by atoms with Crippen molar-refractivity contribution in [3.05, 3.63) is 126 Å². The Bertz CT molecular complexity index is 1490. The summed E-state index contributed by atoms with van der Waals surface area (Å²) < 4.78 is 0. The van der Waals surface area contributed by atoms with Gasteiger partial charge in [0.15, 0.2) is 0 Å². The fraction of sp³-hybridized carbons (Fsp3) is 0.0909. The van der Waals surface area contributed by atoms with Gasteiger partial charge in [-0.1, -0.05) is 91.0 Å². The van der Waals surface area contributed by atoms with E-state index in [1.165, 1.54) is 66.1 Å². The highest BCUT2D eigenvalue weighted by Crippen LogP contribution is 2.45. The van der Waals surface area contributed by atoms with Gasteiger partial charge in [-0.2, -0.15) is 0 Å². The highest BCUT2D eigenvalue weighted by molar-refractivity contribution is 6.10. The molecule has 34 heavy (non-hydrogen) atoms. The molecular weight excluding hydrogens is 410 g/mol. The van der Waals surface area contributed by atoms with E-state index >= 15 is 0 Å². The molecule has 0 radical (unpaired) electrons. The van der Waals surface area contributed by atoms with Crippen LogP contribution in [-0.4, -0.2) is 0 Å².